The maximum atomic E-state index is 11.7. The predicted octanol–water partition coefficient (Wildman–Crippen LogP) is 7.91. The van der Waals surface area contributed by atoms with Crippen molar-refractivity contribution in [2.45, 2.75) is 142 Å². The van der Waals surface area contributed by atoms with E-state index in [2.05, 4.69) is 18.6 Å². The maximum absolute atomic E-state index is 11.7. The number of hydrogen-bond donors (Lipinski definition) is 0. The normalized spacial score (nSPS) is 12.2. The lowest BCUT2D eigenvalue weighted by molar-refractivity contribution is -0.159. The van der Waals surface area contributed by atoms with E-state index in [1.54, 1.807) is 0 Å². The van der Waals surface area contributed by atoms with Crippen LogP contribution in [-0.2, 0) is 19.1 Å². The summed E-state index contributed by atoms with van der Waals surface area (Å²) in [6, 6.07) is 0. The summed E-state index contributed by atoms with van der Waals surface area (Å²) in [7, 11) is 0. The molecule has 1 fully saturated rings. The van der Waals surface area contributed by atoms with Crippen LogP contribution in [0.3, 0.4) is 0 Å². The molecule has 1 aliphatic rings. The molecular formula is C26H50O4. The van der Waals surface area contributed by atoms with Gasteiger partial charge in [-0.25, -0.2) is 0 Å². The summed E-state index contributed by atoms with van der Waals surface area (Å²) in [5, 5.41) is 0. The zero-order valence-corrected chi connectivity index (χ0v) is 20.2. The van der Waals surface area contributed by atoms with Gasteiger partial charge in [-0.3, -0.25) is 9.59 Å². The zero-order chi connectivity index (χ0) is 22.1. The Labute approximate surface area is 186 Å². The first kappa shape index (κ1) is 29.1. The first-order chi connectivity index (χ1) is 14.7. The molecule has 1 heterocycles. The van der Waals surface area contributed by atoms with Crippen LogP contribution >= 0.6 is 0 Å². The lowest BCUT2D eigenvalue weighted by atomic mass is 10.1. The van der Waals surface area contributed by atoms with Gasteiger partial charge in [0.15, 0.2) is 0 Å². The number of carbonyl (C=O) groups excluding carboxylic acids is 2. The van der Waals surface area contributed by atoms with Crippen LogP contribution in [0.25, 0.3) is 0 Å². The molecule has 1 aliphatic heterocycles. The molecule has 0 aromatic rings. The average molecular weight is 427 g/mol. The van der Waals surface area contributed by atoms with E-state index < -0.39 is 0 Å². The van der Waals surface area contributed by atoms with Crippen molar-refractivity contribution in [3.63, 3.8) is 0 Å². The van der Waals surface area contributed by atoms with E-state index >= 15 is 0 Å². The fraction of sp³-hybridized carbons (Fsp3) is 0.923. The molecule has 0 bridgehead atoms. The summed E-state index contributed by atoms with van der Waals surface area (Å²) >= 11 is 0. The number of ether oxygens (including phenoxy) is 2. The van der Waals surface area contributed by atoms with Crippen LogP contribution in [0.4, 0.5) is 0 Å². The fourth-order valence-electron chi connectivity index (χ4n) is 3.39. The smallest absolute Gasteiger partial charge is 0.313 e. The Bertz CT molecular complexity index is 344. The summed E-state index contributed by atoms with van der Waals surface area (Å²) in [6.45, 7) is 6.47. The molecule has 0 aromatic heterocycles. The summed E-state index contributed by atoms with van der Waals surface area (Å²) in [6.07, 6.45) is 22.8. The predicted molar refractivity (Wildman–Crippen MR) is 126 cm³/mol. The van der Waals surface area contributed by atoms with Gasteiger partial charge in [-0.2, -0.15) is 0 Å². The highest BCUT2D eigenvalue weighted by Gasteiger charge is 2.09. The average Bonchev–Trinajstić information content (AvgIpc) is 3.61. The van der Waals surface area contributed by atoms with Crippen LogP contribution in [0, 0.1) is 0 Å². The van der Waals surface area contributed by atoms with E-state index in [4.69, 9.17) is 4.74 Å². The molecule has 0 atom stereocenters. The van der Waals surface area contributed by atoms with Gasteiger partial charge >= 0.3 is 11.9 Å². The molecule has 1 rings (SSSR count). The maximum Gasteiger partial charge on any atom is 0.313 e. The largest absolute Gasteiger partial charge is 0.393 e. The van der Waals surface area contributed by atoms with Crippen LogP contribution in [0.5, 0.6) is 0 Å². The Morgan fingerprint density at radius 1 is 0.533 bits per heavy atom. The Balaban J connectivity index is 0.00000255. The van der Waals surface area contributed by atoms with Gasteiger partial charge < -0.3 is 9.47 Å². The number of hydrogen-bond acceptors (Lipinski definition) is 4. The van der Waals surface area contributed by atoms with Crippen LogP contribution in [-0.4, -0.2) is 25.2 Å². The van der Waals surface area contributed by atoms with Gasteiger partial charge in [0.05, 0.1) is 13.2 Å². The SMILES string of the molecule is C1CO1.CCCCCCCCCCCC(=O)OC(=O)CCCCCCCCCCC. The number of rotatable bonds is 20. The van der Waals surface area contributed by atoms with Gasteiger partial charge in [0.2, 0.25) is 0 Å². The summed E-state index contributed by atoms with van der Waals surface area (Å²) < 4.78 is 9.42. The molecule has 0 spiro atoms. The minimum Gasteiger partial charge on any atom is -0.393 e. The lowest BCUT2D eigenvalue weighted by Gasteiger charge is -2.04. The fourth-order valence-corrected chi connectivity index (χ4v) is 3.39. The van der Waals surface area contributed by atoms with E-state index in [1.807, 2.05) is 0 Å². The molecule has 0 saturated carbocycles. The van der Waals surface area contributed by atoms with E-state index in [-0.39, 0.29) is 11.9 Å². The molecule has 0 N–H and O–H groups in total. The molecule has 0 amide bonds. The number of epoxide rings is 1. The van der Waals surface area contributed by atoms with E-state index in [9.17, 15) is 9.59 Å². The van der Waals surface area contributed by atoms with Crippen LogP contribution in [0.15, 0.2) is 0 Å². The Morgan fingerprint density at radius 2 is 0.800 bits per heavy atom. The standard InChI is InChI=1S/C24H46O3.C2H4O/c1-3-5-7-9-11-13-15-17-19-21-23(25)27-24(26)22-20-18-16-14-12-10-8-6-4-2;1-2-3-1/h3-22H2,1-2H3;1-2H2. The number of carbonyl (C=O) groups is 2. The molecule has 4 heteroatoms. The van der Waals surface area contributed by atoms with Gasteiger partial charge in [-0.1, -0.05) is 117 Å². The van der Waals surface area contributed by atoms with Gasteiger partial charge in [0.1, 0.15) is 0 Å². The topological polar surface area (TPSA) is 55.9 Å². The second kappa shape index (κ2) is 24.4. The second-order valence-corrected chi connectivity index (χ2v) is 8.62. The van der Waals surface area contributed by atoms with Crippen molar-refractivity contribution in [1.29, 1.82) is 0 Å². The quantitative estimate of drug-likeness (QED) is 0.0858. The van der Waals surface area contributed by atoms with E-state index in [0.717, 1.165) is 38.9 Å². The van der Waals surface area contributed by atoms with Crippen molar-refractivity contribution in [2.75, 3.05) is 13.2 Å². The lowest BCUT2D eigenvalue weighted by Crippen LogP contribution is -2.11. The minimum atomic E-state index is -0.334. The van der Waals surface area contributed by atoms with Gasteiger partial charge in [-0.15, -0.1) is 0 Å². The highest BCUT2D eigenvalue weighted by atomic mass is 16.6. The van der Waals surface area contributed by atoms with Crippen molar-refractivity contribution in [3.8, 4) is 0 Å². The van der Waals surface area contributed by atoms with Gasteiger partial charge in [0, 0.05) is 12.8 Å². The molecule has 4 nitrogen and oxygen atoms in total. The van der Waals surface area contributed by atoms with Crippen LogP contribution in [0.2, 0.25) is 0 Å². The Morgan fingerprint density at radius 3 is 1.07 bits per heavy atom. The van der Waals surface area contributed by atoms with Crippen molar-refractivity contribution in [2.24, 2.45) is 0 Å². The third-order valence-electron chi connectivity index (χ3n) is 5.40. The molecule has 0 unspecified atom stereocenters. The number of unbranched alkanes of at least 4 members (excludes halogenated alkanes) is 16. The first-order valence-electron chi connectivity index (χ1n) is 13.0. The Hall–Kier alpha value is -0.900. The zero-order valence-electron chi connectivity index (χ0n) is 20.2. The third-order valence-corrected chi connectivity index (χ3v) is 5.40. The monoisotopic (exact) mass is 426 g/mol. The summed E-state index contributed by atoms with van der Waals surface area (Å²) in [4.78, 5) is 23.4. The highest BCUT2D eigenvalue weighted by Crippen LogP contribution is 2.12. The first-order valence-corrected chi connectivity index (χ1v) is 13.0. The van der Waals surface area contributed by atoms with Crippen molar-refractivity contribution in [3.05, 3.63) is 0 Å². The van der Waals surface area contributed by atoms with Crippen molar-refractivity contribution >= 4 is 11.9 Å². The minimum absolute atomic E-state index is 0.334. The summed E-state index contributed by atoms with van der Waals surface area (Å²) in [5.41, 5.74) is 0. The molecule has 0 aromatic carbocycles. The van der Waals surface area contributed by atoms with Crippen LogP contribution < -0.4 is 0 Å². The number of esters is 2. The highest BCUT2D eigenvalue weighted by molar-refractivity contribution is 5.85. The van der Waals surface area contributed by atoms with Crippen molar-refractivity contribution < 1.29 is 19.1 Å². The van der Waals surface area contributed by atoms with Gasteiger partial charge in [0.25, 0.3) is 0 Å². The van der Waals surface area contributed by atoms with Crippen molar-refractivity contribution in [1.82, 2.24) is 0 Å². The molecule has 0 aliphatic carbocycles. The second-order valence-electron chi connectivity index (χ2n) is 8.62. The van der Waals surface area contributed by atoms with Gasteiger partial charge in [-0.05, 0) is 12.8 Å². The Kier molecular flexibility index (Phi) is 23.6. The molecule has 1 saturated heterocycles. The molecule has 178 valence electrons. The summed E-state index contributed by atoms with van der Waals surface area (Å²) in [5.74, 6) is -0.669. The molecule has 0 radical (unpaired) electrons. The third kappa shape index (κ3) is 27.1. The molecule has 30 heavy (non-hydrogen) atoms. The van der Waals surface area contributed by atoms with E-state index in [1.165, 1.54) is 89.9 Å². The van der Waals surface area contributed by atoms with Crippen LogP contribution in [0.1, 0.15) is 142 Å². The van der Waals surface area contributed by atoms with E-state index in [0.29, 0.717) is 12.8 Å². The molecular weight excluding hydrogens is 376 g/mol.